The first kappa shape index (κ1) is 20.3. The Bertz CT molecular complexity index is 937. The summed E-state index contributed by atoms with van der Waals surface area (Å²) in [5.41, 5.74) is 3.63. The number of urea groups is 1. The number of carbonyl (C=O) groups excluding carboxylic acids is 1. The van der Waals surface area contributed by atoms with Crippen molar-refractivity contribution in [3.63, 3.8) is 0 Å². The molecular formula is C23H24F3N3O. The number of alkyl halides is 2. The molecule has 0 saturated carbocycles. The average Bonchev–Trinajstić information content (AvgIpc) is 2.71. The molecule has 2 aliphatic rings. The second kappa shape index (κ2) is 8.05. The van der Waals surface area contributed by atoms with Crippen LogP contribution in [0, 0.1) is 5.82 Å². The van der Waals surface area contributed by atoms with Crippen LogP contribution < -0.4 is 5.32 Å². The summed E-state index contributed by atoms with van der Waals surface area (Å²) in [6.07, 6.45) is 1.14. The third-order valence-corrected chi connectivity index (χ3v) is 5.71. The second-order valence-electron chi connectivity index (χ2n) is 7.86. The second-order valence-corrected chi connectivity index (χ2v) is 7.86. The lowest BCUT2D eigenvalue weighted by molar-refractivity contribution is -0.116. The van der Waals surface area contributed by atoms with Crippen molar-refractivity contribution >= 4 is 6.03 Å². The van der Waals surface area contributed by atoms with Crippen LogP contribution >= 0.6 is 0 Å². The molecule has 1 atom stereocenters. The van der Waals surface area contributed by atoms with Crippen molar-refractivity contribution in [2.45, 2.75) is 24.8 Å². The SMILES string of the molecule is C=C(CCNC(=O)N1CCc2ccccc2[C@@H]1c1ccc(F)cc1)N1CC(F)(F)C1. The van der Waals surface area contributed by atoms with Crippen LogP contribution in [-0.2, 0) is 6.42 Å². The van der Waals surface area contributed by atoms with Crippen LogP contribution in [0.3, 0.4) is 0 Å². The van der Waals surface area contributed by atoms with Crippen molar-refractivity contribution in [2.24, 2.45) is 0 Å². The monoisotopic (exact) mass is 415 g/mol. The molecule has 0 aliphatic carbocycles. The number of hydrogen-bond acceptors (Lipinski definition) is 2. The lowest BCUT2D eigenvalue weighted by Crippen LogP contribution is -2.55. The summed E-state index contributed by atoms with van der Waals surface area (Å²) in [5.74, 6) is -2.97. The minimum Gasteiger partial charge on any atom is -0.363 e. The molecule has 2 aromatic carbocycles. The standard InChI is InChI=1S/C23H24F3N3O/c1-16(28-14-23(25,26)15-28)10-12-27-22(30)29-13-11-17-4-2-3-5-20(17)21(29)18-6-8-19(24)9-7-18/h2-9,21H,1,10-15H2,(H,27,30)/t21-/m0/s1. The van der Waals surface area contributed by atoms with Gasteiger partial charge >= 0.3 is 6.03 Å². The molecule has 1 fully saturated rings. The predicted molar refractivity (Wildman–Crippen MR) is 109 cm³/mol. The highest BCUT2D eigenvalue weighted by Gasteiger charge is 2.44. The maximum atomic E-state index is 13.4. The number of halogens is 3. The van der Waals surface area contributed by atoms with E-state index >= 15 is 0 Å². The third kappa shape index (κ3) is 4.15. The maximum Gasteiger partial charge on any atom is 0.318 e. The number of likely N-dealkylation sites (tertiary alicyclic amines) is 1. The molecule has 0 unspecified atom stereocenters. The number of rotatable bonds is 5. The van der Waals surface area contributed by atoms with Crippen molar-refractivity contribution in [1.82, 2.24) is 15.1 Å². The third-order valence-electron chi connectivity index (χ3n) is 5.71. The van der Waals surface area contributed by atoms with E-state index in [0.717, 1.165) is 17.5 Å². The molecule has 1 N–H and O–H groups in total. The molecule has 158 valence electrons. The Morgan fingerprint density at radius 2 is 1.83 bits per heavy atom. The van der Waals surface area contributed by atoms with Crippen LogP contribution in [0.15, 0.2) is 60.8 Å². The van der Waals surface area contributed by atoms with Gasteiger partial charge in [-0.3, -0.25) is 0 Å². The smallest absolute Gasteiger partial charge is 0.318 e. The highest BCUT2D eigenvalue weighted by molar-refractivity contribution is 5.76. The Labute approximate surface area is 174 Å². The lowest BCUT2D eigenvalue weighted by atomic mass is 9.88. The first-order chi connectivity index (χ1) is 14.3. The van der Waals surface area contributed by atoms with Gasteiger partial charge < -0.3 is 15.1 Å². The van der Waals surface area contributed by atoms with E-state index < -0.39 is 5.92 Å². The molecule has 4 rings (SSSR count). The molecule has 2 aromatic rings. The molecule has 7 heteroatoms. The van der Waals surface area contributed by atoms with Gasteiger partial charge in [-0.25, -0.2) is 18.0 Å². The molecule has 1 saturated heterocycles. The average molecular weight is 415 g/mol. The van der Waals surface area contributed by atoms with Crippen LogP contribution in [0.2, 0.25) is 0 Å². The van der Waals surface area contributed by atoms with Gasteiger partial charge in [0, 0.05) is 25.2 Å². The molecule has 0 radical (unpaired) electrons. The van der Waals surface area contributed by atoms with E-state index in [1.165, 1.54) is 22.6 Å². The van der Waals surface area contributed by atoms with Gasteiger partial charge in [-0.1, -0.05) is 43.0 Å². The molecule has 0 spiro atoms. The Hall–Kier alpha value is -2.96. The minimum atomic E-state index is -2.64. The maximum absolute atomic E-state index is 13.4. The predicted octanol–water partition coefficient (Wildman–Crippen LogP) is 4.34. The zero-order valence-electron chi connectivity index (χ0n) is 16.6. The fourth-order valence-electron chi connectivity index (χ4n) is 4.10. The van der Waals surface area contributed by atoms with E-state index in [1.807, 2.05) is 24.3 Å². The fourth-order valence-corrected chi connectivity index (χ4v) is 4.10. The Morgan fingerprint density at radius 1 is 1.13 bits per heavy atom. The first-order valence-electron chi connectivity index (χ1n) is 10.0. The largest absolute Gasteiger partial charge is 0.363 e. The number of carbonyl (C=O) groups is 1. The van der Waals surface area contributed by atoms with Crippen molar-refractivity contribution in [3.05, 3.63) is 83.3 Å². The van der Waals surface area contributed by atoms with Crippen LogP contribution in [0.25, 0.3) is 0 Å². The summed E-state index contributed by atoms with van der Waals surface area (Å²) in [6.45, 7) is 4.07. The van der Waals surface area contributed by atoms with E-state index in [2.05, 4.69) is 11.9 Å². The molecule has 0 bridgehead atoms. The van der Waals surface area contributed by atoms with Gasteiger partial charge in [0.1, 0.15) is 5.82 Å². The van der Waals surface area contributed by atoms with Gasteiger partial charge in [0.15, 0.2) is 0 Å². The van der Waals surface area contributed by atoms with Crippen LogP contribution in [0.1, 0.15) is 29.2 Å². The van der Waals surface area contributed by atoms with E-state index in [0.29, 0.717) is 25.2 Å². The van der Waals surface area contributed by atoms with Crippen molar-refractivity contribution in [1.29, 1.82) is 0 Å². The van der Waals surface area contributed by atoms with Crippen molar-refractivity contribution in [2.75, 3.05) is 26.2 Å². The van der Waals surface area contributed by atoms with E-state index in [4.69, 9.17) is 0 Å². The highest BCUT2D eigenvalue weighted by atomic mass is 19.3. The summed E-state index contributed by atoms with van der Waals surface area (Å²) in [5, 5.41) is 2.89. The first-order valence-corrected chi connectivity index (χ1v) is 10.0. The molecular weight excluding hydrogens is 391 g/mol. The van der Waals surface area contributed by atoms with E-state index in [-0.39, 0.29) is 31.0 Å². The number of amides is 2. The van der Waals surface area contributed by atoms with Gasteiger partial charge in [0.05, 0.1) is 19.1 Å². The number of benzene rings is 2. The molecule has 2 heterocycles. The normalized spacial score (nSPS) is 19.6. The number of nitrogens with zero attached hydrogens (tertiary/aromatic N) is 2. The molecule has 0 aromatic heterocycles. The van der Waals surface area contributed by atoms with Crippen LogP contribution in [-0.4, -0.2) is 47.9 Å². The highest BCUT2D eigenvalue weighted by Crippen LogP contribution is 2.35. The minimum absolute atomic E-state index is 0.236. The molecule has 2 aliphatic heterocycles. The Kier molecular flexibility index (Phi) is 5.45. The van der Waals surface area contributed by atoms with Gasteiger partial charge in [0.25, 0.3) is 5.92 Å². The Morgan fingerprint density at radius 3 is 2.53 bits per heavy atom. The zero-order chi connectivity index (χ0) is 21.3. The topological polar surface area (TPSA) is 35.6 Å². The number of nitrogens with one attached hydrogen (secondary N) is 1. The molecule has 2 amide bonds. The zero-order valence-corrected chi connectivity index (χ0v) is 16.6. The Balaban J connectivity index is 1.44. The number of hydrogen-bond donors (Lipinski definition) is 1. The summed E-state index contributed by atoms with van der Waals surface area (Å²) in [7, 11) is 0. The van der Waals surface area contributed by atoms with Crippen LogP contribution in [0.5, 0.6) is 0 Å². The van der Waals surface area contributed by atoms with Gasteiger partial charge in [0.2, 0.25) is 0 Å². The lowest BCUT2D eigenvalue weighted by Gasteiger charge is -2.41. The molecule has 4 nitrogen and oxygen atoms in total. The van der Waals surface area contributed by atoms with Crippen molar-refractivity contribution in [3.8, 4) is 0 Å². The summed E-state index contributed by atoms with van der Waals surface area (Å²) in [4.78, 5) is 16.3. The quantitative estimate of drug-likeness (QED) is 0.789. The van der Waals surface area contributed by atoms with Gasteiger partial charge in [-0.15, -0.1) is 0 Å². The summed E-state index contributed by atoms with van der Waals surface area (Å²) < 4.78 is 39.5. The van der Waals surface area contributed by atoms with Gasteiger partial charge in [-0.2, -0.15) is 0 Å². The summed E-state index contributed by atoms with van der Waals surface area (Å²) in [6, 6.07) is 13.6. The molecule has 30 heavy (non-hydrogen) atoms. The van der Waals surface area contributed by atoms with Crippen molar-refractivity contribution < 1.29 is 18.0 Å². The fraction of sp³-hybridized carbons (Fsp3) is 0.348. The number of fused-ring (bicyclic) bond motifs is 1. The summed E-state index contributed by atoms with van der Waals surface area (Å²) >= 11 is 0. The van der Waals surface area contributed by atoms with E-state index in [1.54, 1.807) is 17.0 Å². The van der Waals surface area contributed by atoms with E-state index in [9.17, 15) is 18.0 Å². The van der Waals surface area contributed by atoms with Gasteiger partial charge in [-0.05, 0) is 35.2 Å². The van der Waals surface area contributed by atoms with Crippen LogP contribution in [0.4, 0.5) is 18.0 Å².